The van der Waals surface area contributed by atoms with Gasteiger partial charge in [0.1, 0.15) is 0 Å². The third-order valence-electron chi connectivity index (χ3n) is 3.97. The molecule has 0 aromatic carbocycles. The first-order chi connectivity index (χ1) is 7.31. The van der Waals surface area contributed by atoms with Gasteiger partial charge in [-0.05, 0) is 25.7 Å². The molecule has 15 heavy (non-hydrogen) atoms. The molecule has 88 valence electrons. The Hall–Kier alpha value is -0.120. The predicted octanol–water partition coefficient (Wildman–Crippen LogP) is 1.40. The zero-order valence-corrected chi connectivity index (χ0v) is 9.69. The number of ether oxygens (including phenoxy) is 1. The standard InChI is InChI=1S/C12H23NO2/c1-15-10-6-8-13(9-7-10)11-4-2-3-5-12(11)14/h10-12,14H,2-9H2,1H3/t11-,12-/m1/s1. The molecule has 1 N–H and O–H groups in total. The third kappa shape index (κ3) is 2.71. The van der Waals surface area contributed by atoms with Crippen LogP contribution in [0.1, 0.15) is 38.5 Å². The van der Waals surface area contributed by atoms with Crippen LogP contribution in [-0.2, 0) is 4.74 Å². The number of likely N-dealkylation sites (tertiary alicyclic amines) is 1. The molecular formula is C12H23NO2. The molecule has 0 aromatic heterocycles. The number of methoxy groups -OCH3 is 1. The summed E-state index contributed by atoms with van der Waals surface area (Å²) >= 11 is 0. The second kappa shape index (κ2) is 5.28. The van der Waals surface area contributed by atoms with E-state index in [2.05, 4.69) is 4.90 Å². The van der Waals surface area contributed by atoms with Gasteiger partial charge in [-0.25, -0.2) is 0 Å². The van der Waals surface area contributed by atoms with E-state index in [4.69, 9.17) is 4.74 Å². The quantitative estimate of drug-likeness (QED) is 0.752. The van der Waals surface area contributed by atoms with Crippen molar-refractivity contribution >= 4 is 0 Å². The van der Waals surface area contributed by atoms with Crippen LogP contribution in [0.5, 0.6) is 0 Å². The van der Waals surface area contributed by atoms with Crippen molar-refractivity contribution in [2.75, 3.05) is 20.2 Å². The van der Waals surface area contributed by atoms with Crippen molar-refractivity contribution in [2.45, 2.75) is 56.8 Å². The lowest BCUT2D eigenvalue weighted by molar-refractivity contribution is -0.0217. The summed E-state index contributed by atoms with van der Waals surface area (Å²) in [6.07, 6.45) is 7.27. The largest absolute Gasteiger partial charge is 0.391 e. The molecule has 0 unspecified atom stereocenters. The smallest absolute Gasteiger partial charge is 0.0695 e. The van der Waals surface area contributed by atoms with Crippen molar-refractivity contribution in [3.63, 3.8) is 0 Å². The molecule has 0 bridgehead atoms. The van der Waals surface area contributed by atoms with E-state index in [1.807, 2.05) is 0 Å². The molecular weight excluding hydrogens is 190 g/mol. The Bertz CT molecular complexity index is 190. The third-order valence-corrected chi connectivity index (χ3v) is 3.97. The normalized spacial score (nSPS) is 35.6. The molecule has 1 aliphatic heterocycles. The van der Waals surface area contributed by atoms with E-state index in [1.54, 1.807) is 7.11 Å². The van der Waals surface area contributed by atoms with Crippen LogP contribution in [0.3, 0.4) is 0 Å². The summed E-state index contributed by atoms with van der Waals surface area (Å²) in [6, 6.07) is 0.427. The highest BCUT2D eigenvalue weighted by molar-refractivity contribution is 4.86. The molecule has 2 aliphatic rings. The van der Waals surface area contributed by atoms with E-state index in [9.17, 15) is 5.11 Å². The number of rotatable bonds is 2. The molecule has 1 heterocycles. The molecule has 1 saturated heterocycles. The minimum atomic E-state index is -0.0853. The van der Waals surface area contributed by atoms with Gasteiger partial charge in [0.2, 0.25) is 0 Å². The van der Waals surface area contributed by atoms with Crippen LogP contribution in [0, 0.1) is 0 Å². The lowest BCUT2D eigenvalue weighted by Gasteiger charge is -2.41. The molecule has 1 saturated carbocycles. The van der Waals surface area contributed by atoms with Gasteiger partial charge in [0.25, 0.3) is 0 Å². The minimum Gasteiger partial charge on any atom is -0.391 e. The number of aliphatic hydroxyl groups is 1. The Balaban J connectivity index is 1.83. The maximum absolute atomic E-state index is 9.97. The fourth-order valence-corrected chi connectivity index (χ4v) is 2.96. The van der Waals surface area contributed by atoms with Gasteiger partial charge in [0.05, 0.1) is 12.2 Å². The topological polar surface area (TPSA) is 32.7 Å². The zero-order chi connectivity index (χ0) is 10.7. The number of hydrogen-bond acceptors (Lipinski definition) is 3. The van der Waals surface area contributed by atoms with Crippen LogP contribution < -0.4 is 0 Å². The van der Waals surface area contributed by atoms with Crippen LogP contribution in [0.2, 0.25) is 0 Å². The Kier molecular flexibility index (Phi) is 4.00. The summed E-state index contributed by atoms with van der Waals surface area (Å²) in [5, 5.41) is 9.97. The highest BCUT2D eigenvalue weighted by Gasteiger charge is 2.31. The average molecular weight is 213 g/mol. The van der Waals surface area contributed by atoms with Crippen LogP contribution in [-0.4, -0.2) is 48.5 Å². The number of hydrogen-bond donors (Lipinski definition) is 1. The Morgan fingerprint density at radius 3 is 2.33 bits per heavy atom. The van der Waals surface area contributed by atoms with E-state index in [-0.39, 0.29) is 6.10 Å². The Morgan fingerprint density at radius 1 is 1.07 bits per heavy atom. The summed E-state index contributed by atoms with van der Waals surface area (Å²) in [4.78, 5) is 2.47. The van der Waals surface area contributed by atoms with Crippen molar-refractivity contribution in [1.29, 1.82) is 0 Å². The van der Waals surface area contributed by atoms with Crippen LogP contribution in [0.4, 0.5) is 0 Å². The van der Waals surface area contributed by atoms with Crippen LogP contribution in [0.25, 0.3) is 0 Å². The first-order valence-corrected chi connectivity index (χ1v) is 6.26. The van der Waals surface area contributed by atoms with Gasteiger partial charge < -0.3 is 9.84 Å². The fourth-order valence-electron chi connectivity index (χ4n) is 2.96. The van der Waals surface area contributed by atoms with Crippen molar-refractivity contribution in [1.82, 2.24) is 4.90 Å². The highest BCUT2D eigenvalue weighted by Crippen LogP contribution is 2.26. The van der Waals surface area contributed by atoms with Crippen molar-refractivity contribution in [3.05, 3.63) is 0 Å². The molecule has 0 amide bonds. The van der Waals surface area contributed by atoms with Gasteiger partial charge in [0, 0.05) is 26.2 Å². The van der Waals surface area contributed by atoms with E-state index >= 15 is 0 Å². The molecule has 0 radical (unpaired) electrons. The lowest BCUT2D eigenvalue weighted by atomic mass is 9.90. The Morgan fingerprint density at radius 2 is 1.73 bits per heavy atom. The predicted molar refractivity (Wildman–Crippen MR) is 59.9 cm³/mol. The second-order valence-corrected chi connectivity index (χ2v) is 4.89. The average Bonchev–Trinajstić information content (AvgIpc) is 2.30. The highest BCUT2D eigenvalue weighted by atomic mass is 16.5. The van der Waals surface area contributed by atoms with Crippen molar-refractivity contribution < 1.29 is 9.84 Å². The molecule has 2 fully saturated rings. The second-order valence-electron chi connectivity index (χ2n) is 4.89. The van der Waals surface area contributed by atoms with Crippen LogP contribution >= 0.6 is 0 Å². The maximum Gasteiger partial charge on any atom is 0.0695 e. The van der Waals surface area contributed by atoms with Gasteiger partial charge in [-0.1, -0.05) is 12.8 Å². The van der Waals surface area contributed by atoms with Gasteiger partial charge in [0.15, 0.2) is 0 Å². The molecule has 3 nitrogen and oxygen atoms in total. The van der Waals surface area contributed by atoms with Gasteiger partial charge >= 0.3 is 0 Å². The molecule has 2 atom stereocenters. The minimum absolute atomic E-state index is 0.0853. The SMILES string of the molecule is COC1CCN([C@@H]2CCCC[C@H]2O)CC1. The first-order valence-electron chi connectivity index (χ1n) is 6.26. The van der Waals surface area contributed by atoms with Crippen molar-refractivity contribution in [3.8, 4) is 0 Å². The van der Waals surface area contributed by atoms with Crippen LogP contribution in [0.15, 0.2) is 0 Å². The molecule has 3 heteroatoms. The van der Waals surface area contributed by atoms with E-state index in [0.717, 1.165) is 32.4 Å². The van der Waals surface area contributed by atoms with Crippen molar-refractivity contribution in [2.24, 2.45) is 0 Å². The van der Waals surface area contributed by atoms with E-state index in [0.29, 0.717) is 12.1 Å². The molecule has 0 spiro atoms. The summed E-state index contributed by atoms with van der Waals surface area (Å²) in [6.45, 7) is 2.19. The molecule has 0 aromatic rings. The summed E-state index contributed by atoms with van der Waals surface area (Å²) in [5.74, 6) is 0. The maximum atomic E-state index is 9.97. The molecule has 1 aliphatic carbocycles. The van der Waals surface area contributed by atoms with Gasteiger partial charge in [-0.15, -0.1) is 0 Å². The summed E-state index contributed by atoms with van der Waals surface area (Å²) < 4.78 is 5.36. The van der Waals surface area contributed by atoms with Gasteiger partial charge in [-0.2, -0.15) is 0 Å². The number of piperidine rings is 1. The Labute approximate surface area is 92.4 Å². The number of nitrogens with zero attached hydrogens (tertiary/aromatic N) is 1. The van der Waals surface area contributed by atoms with E-state index < -0.39 is 0 Å². The zero-order valence-electron chi connectivity index (χ0n) is 9.69. The number of aliphatic hydroxyl groups excluding tert-OH is 1. The molecule has 2 rings (SSSR count). The summed E-state index contributed by atoms with van der Waals surface area (Å²) in [5.41, 5.74) is 0. The first kappa shape index (κ1) is 11.4. The van der Waals surface area contributed by atoms with E-state index in [1.165, 1.54) is 19.3 Å². The summed E-state index contributed by atoms with van der Waals surface area (Å²) in [7, 11) is 1.80. The fraction of sp³-hybridized carbons (Fsp3) is 1.00. The monoisotopic (exact) mass is 213 g/mol. The van der Waals surface area contributed by atoms with Gasteiger partial charge in [-0.3, -0.25) is 4.90 Å². The lowest BCUT2D eigenvalue weighted by Crippen LogP contribution is -2.49.